The topological polar surface area (TPSA) is 242 Å². The highest BCUT2D eigenvalue weighted by Crippen LogP contribution is 2.44. The fourth-order valence-electron chi connectivity index (χ4n) is 11.5. The number of rotatable bonds is 13. The van der Waals surface area contributed by atoms with Gasteiger partial charge >= 0.3 is 22.4 Å². The molecule has 0 unspecified atom stereocenters. The number of ether oxygens (including phenoxy) is 6. The van der Waals surface area contributed by atoms with Crippen LogP contribution in [0.25, 0.3) is 0 Å². The second-order valence-electron chi connectivity index (χ2n) is 22.7. The summed E-state index contributed by atoms with van der Waals surface area (Å²) in [5, 5.41) is 64.1. The first-order valence-corrected chi connectivity index (χ1v) is 27.6. The Balaban J connectivity index is 1.53. The third-order valence-electron chi connectivity index (χ3n) is 16.4. The van der Waals surface area contributed by atoms with Gasteiger partial charge in [-0.15, -0.1) is 0 Å². The number of hydrogen-bond donors (Lipinski definition) is 7. The second kappa shape index (κ2) is 24.4. The van der Waals surface area contributed by atoms with E-state index in [9.17, 15) is 51.9 Å². The van der Waals surface area contributed by atoms with Crippen molar-refractivity contribution in [3.63, 3.8) is 0 Å². The largest absolute Gasteiger partial charge is 0.459 e. The zero-order chi connectivity index (χ0) is 55.7. The summed E-state index contributed by atoms with van der Waals surface area (Å²) in [7, 11) is -1.82. The highest BCUT2D eigenvalue weighted by atomic mass is 32.2. The predicted molar refractivity (Wildman–Crippen MR) is 270 cm³/mol. The SMILES string of the molecule is CC[C@H]1OC(=O)[C@H](C)[C@@H](O[C@H]2C[C@@](C)(OC)[C@](O)(CN3CCN(C(C)C)CC3)[C@H](C)O2)[C@H](C)[C@@H](O[C@@H]2O[C@H](C)C[C@H](N(C)S(=O)(=O)Nc3ccc(C(F)(F)F)cc3)[C@H]2O)[C@](C)(O)C[C@@H](C)CN[C@H](C)[C@@H](O)[C@]1(C)O. The Morgan fingerprint density at radius 3 is 2.11 bits per heavy atom. The van der Waals surface area contributed by atoms with Crippen LogP contribution in [-0.4, -0.2) is 203 Å². The second-order valence-corrected chi connectivity index (χ2v) is 24.4. The van der Waals surface area contributed by atoms with Crippen LogP contribution in [0.5, 0.6) is 0 Å². The minimum Gasteiger partial charge on any atom is -0.459 e. The van der Waals surface area contributed by atoms with E-state index in [-0.39, 0.29) is 50.4 Å². The molecule has 4 heterocycles. The molecular formula is C51H88F3N5O14S. The number of carbonyl (C=O) groups is 1. The number of piperazine rings is 1. The number of carbonyl (C=O) groups excluding carboxylic acids is 1. The maximum absolute atomic E-state index is 14.6. The molecule has 428 valence electrons. The number of alkyl halides is 3. The van der Waals surface area contributed by atoms with E-state index in [1.807, 2.05) is 6.92 Å². The van der Waals surface area contributed by atoms with Crippen LogP contribution >= 0.6 is 0 Å². The number of aliphatic hydroxyl groups excluding tert-OH is 2. The summed E-state index contributed by atoms with van der Waals surface area (Å²) in [6.45, 7) is 24.4. The number of methoxy groups -OCH3 is 1. The van der Waals surface area contributed by atoms with Crippen molar-refractivity contribution in [2.75, 3.05) is 58.1 Å². The quantitative estimate of drug-likeness (QED) is 0.139. The molecule has 74 heavy (non-hydrogen) atoms. The molecule has 0 spiro atoms. The monoisotopic (exact) mass is 1080 g/mol. The fourth-order valence-corrected chi connectivity index (χ4v) is 12.6. The minimum atomic E-state index is -4.64. The van der Waals surface area contributed by atoms with Crippen LogP contribution in [0, 0.1) is 17.8 Å². The van der Waals surface area contributed by atoms with E-state index in [0.29, 0.717) is 19.1 Å². The number of cyclic esters (lactones) is 1. The molecule has 5 rings (SSSR count). The number of hydrogen-bond acceptors (Lipinski definition) is 17. The zero-order valence-electron chi connectivity index (χ0n) is 45.8. The number of aliphatic hydroxyl groups is 5. The maximum Gasteiger partial charge on any atom is 0.416 e. The van der Waals surface area contributed by atoms with Gasteiger partial charge in [-0.3, -0.25) is 19.3 Å². The van der Waals surface area contributed by atoms with Gasteiger partial charge in [0, 0.05) is 77.0 Å². The van der Waals surface area contributed by atoms with Gasteiger partial charge < -0.3 is 59.3 Å². The van der Waals surface area contributed by atoms with Crippen molar-refractivity contribution in [1.82, 2.24) is 19.4 Å². The normalized spacial score (nSPS) is 41.4. The molecule has 4 aliphatic rings. The summed E-state index contributed by atoms with van der Waals surface area (Å²) >= 11 is 0. The number of nitrogens with one attached hydrogen (secondary N) is 2. The van der Waals surface area contributed by atoms with E-state index in [1.54, 1.807) is 48.5 Å². The van der Waals surface area contributed by atoms with Gasteiger partial charge in [-0.25, -0.2) is 0 Å². The minimum absolute atomic E-state index is 0.0155. The summed E-state index contributed by atoms with van der Waals surface area (Å²) in [5.41, 5.74) is -7.69. The molecule has 7 N–H and O–H groups in total. The van der Waals surface area contributed by atoms with Crippen molar-refractivity contribution in [3.05, 3.63) is 29.8 Å². The average Bonchev–Trinajstić information content (AvgIpc) is 3.31. The van der Waals surface area contributed by atoms with Gasteiger partial charge in [0.15, 0.2) is 12.6 Å². The van der Waals surface area contributed by atoms with Crippen molar-refractivity contribution in [2.24, 2.45) is 17.8 Å². The van der Waals surface area contributed by atoms with Crippen LogP contribution in [0.2, 0.25) is 0 Å². The van der Waals surface area contributed by atoms with Crippen LogP contribution in [0.3, 0.4) is 0 Å². The van der Waals surface area contributed by atoms with Gasteiger partial charge in [-0.1, -0.05) is 20.8 Å². The Morgan fingerprint density at radius 2 is 1.55 bits per heavy atom. The first kappa shape index (κ1) is 62.5. The van der Waals surface area contributed by atoms with Crippen LogP contribution < -0.4 is 10.0 Å². The maximum atomic E-state index is 14.6. The molecule has 4 aliphatic heterocycles. The van der Waals surface area contributed by atoms with Gasteiger partial charge in [0.05, 0.1) is 47.5 Å². The van der Waals surface area contributed by atoms with E-state index in [0.717, 1.165) is 41.7 Å². The van der Waals surface area contributed by atoms with Crippen molar-refractivity contribution < 1.29 is 80.3 Å². The van der Waals surface area contributed by atoms with Gasteiger partial charge in [0.2, 0.25) is 0 Å². The smallest absolute Gasteiger partial charge is 0.416 e. The van der Waals surface area contributed by atoms with E-state index in [4.69, 9.17) is 28.4 Å². The highest BCUT2D eigenvalue weighted by Gasteiger charge is 2.59. The molecule has 4 fully saturated rings. The lowest BCUT2D eigenvalue weighted by atomic mass is 9.74. The van der Waals surface area contributed by atoms with Crippen molar-refractivity contribution in [2.45, 2.75) is 211 Å². The number of nitrogens with zero attached hydrogens (tertiary/aromatic N) is 3. The number of anilines is 1. The van der Waals surface area contributed by atoms with E-state index in [2.05, 4.69) is 33.7 Å². The van der Waals surface area contributed by atoms with Gasteiger partial charge in [-0.2, -0.15) is 25.9 Å². The molecule has 0 bridgehead atoms. The molecule has 0 aliphatic carbocycles. The van der Waals surface area contributed by atoms with Gasteiger partial charge in [-0.05, 0) is 118 Å². The number of likely N-dealkylation sites (N-methyl/N-ethyl adjacent to an activating group) is 1. The Labute approximate surface area is 436 Å². The molecule has 1 aromatic rings. The number of benzene rings is 1. The molecule has 0 amide bonds. The molecule has 0 radical (unpaired) electrons. The van der Waals surface area contributed by atoms with Gasteiger partial charge in [0.25, 0.3) is 0 Å². The summed E-state index contributed by atoms with van der Waals surface area (Å²) in [6, 6.07) is 1.87. The third-order valence-corrected chi connectivity index (χ3v) is 18.0. The molecule has 18 atom stereocenters. The van der Waals surface area contributed by atoms with Crippen LogP contribution in [0.1, 0.15) is 114 Å². The highest BCUT2D eigenvalue weighted by molar-refractivity contribution is 7.90. The molecular weight excluding hydrogens is 996 g/mol. The third kappa shape index (κ3) is 14.1. The Hall–Kier alpha value is -2.33. The standard InChI is InChI=1S/C51H88F3N5O14S/c1-15-39-49(12,64)43(61)34(8)55-27-30(4)25-47(10,63)44(73-46-41(60)38(24-31(5)69-46)57(13)74(66,67)56-37-18-16-36(17-19-37)51(52,53)54)32(6)42(33(7)45(62)71-39)72-40-26-48(11,68-14)50(65,35(9)70-40)28-58-20-22-59(23-21-58)29(2)3/h16-19,29-35,38-44,46,55-56,60-61,63-65H,15,20-28H2,1-14H3/t30-,31-,32+,33-,34-,35+,38+,39-,40+,41-,42+,43-,44-,46+,47-,48-,49-,50+/m1/s1. The van der Waals surface area contributed by atoms with E-state index >= 15 is 0 Å². The van der Waals surface area contributed by atoms with Crippen LogP contribution in [0.15, 0.2) is 24.3 Å². The summed E-state index contributed by atoms with van der Waals surface area (Å²) in [4.78, 5) is 19.2. The van der Waals surface area contributed by atoms with Crippen LogP contribution in [0.4, 0.5) is 18.9 Å². The summed E-state index contributed by atoms with van der Waals surface area (Å²) < 4.78 is 109. The molecule has 23 heteroatoms. The van der Waals surface area contributed by atoms with Gasteiger partial charge in [0.1, 0.15) is 35.1 Å². The lowest BCUT2D eigenvalue weighted by molar-refractivity contribution is -0.339. The van der Waals surface area contributed by atoms with E-state index in [1.165, 1.54) is 28.0 Å². The molecule has 0 aromatic heterocycles. The molecule has 1 aromatic carbocycles. The predicted octanol–water partition coefficient (Wildman–Crippen LogP) is 3.70. The van der Waals surface area contributed by atoms with Crippen molar-refractivity contribution in [1.29, 1.82) is 0 Å². The number of halogens is 3. The van der Waals surface area contributed by atoms with Crippen molar-refractivity contribution >= 4 is 21.9 Å². The van der Waals surface area contributed by atoms with Crippen LogP contribution in [-0.2, 0) is 49.6 Å². The Morgan fingerprint density at radius 1 is 0.946 bits per heavy atom. The lowest BCUT2D eigenvalue weighted by Crippen LogP contribution is -2.71. The Kier molecular flexibility index (Phi) is 20.6. The molecule has 4 saturated heterocycles. The lowest BCUT2D eigenvalue weighted by Gasteiger charge is -2.55. The summed E-state index contributed by atoms with van der Waals surface area (Å²) in [5.74, 6) is -3.41. The molecule has 0 saturated carbocycles. The fraction of sp³-hybridized carbons (Fsp3) is 0.863. The van der Waals surface area contributed by atoms with E-state index < -0.39 is 130 Å². The van der Waals surface area contributed by atoms with Crippen molar-refractivity contribution in [3.8, 4) is 0 Å². The number of β-amino-alcohol motifs (C(OH)–C–C–N with tert-alkyl or cyclic N) is 1. The Bertz CT molecular complexity index is 2090. The first-order chi connectivity index (χ1) is 34.1. The first-order valence-electron chi connectivity index (χ1n) is 26.2. The number of esters is 1. The molecule has 19 nitrogen and oxygen atoms in total. The average molecular weight is 1080 g/mol. The zero-order valence-corrected chi connectivity index (χ0v) is 46.7. The summed E-state index contributed by atoms with van der Waals surface area (Å²) in [6.07, 6.45) is -15.9.